The van der Waals surface area contributed by atoms with Crippen LogP contribution in [0, 0.1) is 0 Å². The molecule has 2 aliphatic heterocycles. The van der Waals surface area contributed by atoms with Gasteiger partial charge in [0, 0.05) is 18.5 Å². The van der Waals surface area contributed by atoms with Crippen LogP contribution in [0.15, 0.2) is 0 Å². The van der Waals surface area contributed by atoms with Gasteiger partial charge in [-0.15, -0.1) is 0 Å². The Morgan fingerprint density at radius 2 is 2.20 bits per heavy atom. The van der Waals surface area contributed by atoms with E-state index in [1.807, 2.05) is 0 Å². The van der Waals surface area contributed by atoms with Crippen molar-refractivity contribution in [2.45, 2.75) is 44.7 Å². The molecule has 2 heterocycles. The van der Waals surface area contributed by atoms with E-state index in [0.29, 0.717) is 18.0 Å². The molecule has 2 rings (SSSR count). The molecular formula is C8H13NO. The van der Waals surface area contributed by atoms with Gasteiger partial charge in [0.2, 0.25) is 5.91 Å². The fourth-order valence-corrected chi connectivity index (χ4v) is 2.22. The van der Waals surface area contributed by atoms with Crippen molar-refractivity contribution < 1.29 is 4.79 Å². The van der Waals surface area contributed by atoms with E-state index < -0.39 is 0 Å². The maximum Gasteiger partial charge on any atom is 0.223 e. The van der Waals surface area contributed by atoms with Gasteiger partial charge < -0.3 is 4.90 Å². The second-order valence-corrected chi connectivity index (χ2v) is 3.42. The van der Waals surface area contributed by atoms with Crippen molar-refractivity contribution in [1.29, 1.82) is 0 Å². The average Bonchev–Trinajstić information content (AvgIpc) is 2.40. The molecule has 1 amide bonds. The molecule has 10 heavy (non-hydrogen) atoms. The lowest BCUT2D eigenvalue weighted by molar-refractivity contribution is -0.129. The zero-order chi connectivity index (χ0) is 7.14. The molecule has 0 saturated carbocycles. The highest BCUT2D eigenvalue weighted by Crippen LogP contribution is 2.32. The molecule has 56 valence electrons. The quantitative estimate of drug-likeness (QED) is 0.493. The Kier molecular flexibility index (Phi) is 1.22. The molecule has 2 saturated heterocycles. The first kappa shape index (κ1) is 6.20. The van der Waals surface area contributed by atoms with E-state index in [9.17, 15) is 4.79 Å². The SMILES string of the molecule is C[C@H]1CC[C@H]2CCC(=O)N21. The summed E-state index contributed by atoms with van der Waals surface area (Å²) in [6.07, 6.45) is 4.38. The van der Waals surface area contributed by atoms with Crippen molar-refractivity contribution in [3.63, 3.8) is 0 Å². The van der Waals surface area contributed by atoms with E-state index in [2.05, 4.69) is 11.8 Å². The standard InChI is InChI=1S/C8H13NO/c1-6-2-3-7-4-5-8(10)9(6)7/h6-7H,2-5H2,1H3/t6-,7-/m0/s1. The molecule has 0 bridgehead atoms. The third-order valence-corrected chi connectivity index (χ3v) is 2.77. The first-order chi connectivity index (χ1) is 4.79. The number of hydrogen-bond donors (Lipinski definition) is 0. The van der Waals surface area contributed by atoms with Crippen LogP contribution < -0.4 is 0 Å². The number of carbonyl (C=O) groups is 1. The minimum Gasteiger partial charge on any atom is -0.337 e. The van der Waals surface area contributed by atoms with Crippen molar-refractivity contribution in [3.8, 4) is 0 Å². The minimum atomic E-state index is 0.384. The second-order valence-electron chi connectivity index (χ2n) is 3.42. The molecule has 0 aromatic carbocycles. The molecule has 2 heteroatoms. The largest absolute Gasteiger partial charge is 0.337 e. The summed E-state index contributed by atoms with van der Waals surface area (Å²) in [7, 11) is 0. The van der Waals surface area contributed by atoms with Crippen LogP contribution in [0.2, 0.25) is 0 Å². The van der Waals surface area contributed by atoms with Crippen LogP contribution in [0.1, 0.15) is 32.6 Å². The van der Waals surface area contributed by atoms with Gasteiger partial charge in [-0.3, -0.25) is 4.79 Å². The molecular weight excluding hydrogens is 126 g/mol. The van der Waals surface area contributed by atoms with Gasteiger partial charge in [0.05, 0.1) is 0 Å². The van der Waals surface area contributed by atoms with E-state index >= 15 is 0 Å². The Morgan fingerprint density at radius 3 is 2.90 bits per heavy atom. The van der Waals surface area contributed by atoms with Crippen molar-refractivity contribution in [1.82, 2.24) is 4.90 Å². The molecule has 2 aliphatic rings. The van der Waals surface area contributed by atoms with Crippen LogP contribution >= 0.6 is 0 Å². The van der Waals surface area contributed by atoms with Gasteiger partial charge in [-0.1, -0.05) is 0 Å². The summed E-state index contributed by atoms with van der Waals surface area (Å²) < 4.78 is 0. The summed E-state index contributed by atoms with van der Waals surface area (Å²) in [6, 6.07) is 1.14. The summed E-state index contributed by atoms with van der Waals surface area (Å²) >= 11 is 0. The molecule has 0 N–H and O–H groups in total. The lowest BCUT2D eigenvalue weighted by Crippen LogP contribution is -2.32. The van der Waals surface area contributed by atoms with E-state index in [1.54, 1.807) is 0 Å². The van der Waals surface area contributed by atoms with Crippen LogP contribution in [0.25, 0.3) is 0 Å². The summed E-state index contributed by atoms with van der Waals surface area (Å²) in [4.78, 5) is 13.3. The molecule has 0 unspecified atom stereocenters. The fourth-order valence-electron chi connectivity index (χ4n) is 2.22. The van der Waals surface area contributed by atoms with Crippen LogP contribution in [0.5, 0.6) is 0 Å². The molecule has 2 nitrogen and oxygen atoms in total. The minimum absolute atomic E-state index is 0.384. The summed E-state index contributed by atoms with van der Waals surface area (Å²) in [5.41, 5.74) is 0. The molecule has 2 atom stereocenters. The van der Waals surface area contributed by atoms with Crippen LogP contribution in [-0.2, 0) is 4.79 Å². The van der Waals surface area contributed by atoms with Crippen LogP contribution in [0.4, 0.5) is 0 Å². The Morgan fingerprint density at radius 1 is 1.40 bits per heavy atom. The normalized spacial score (nSPS) is 38.9. The van der Waals surface area contributed by atoms with Crippen molar-refractivity contribution in [2.24, 2.45) is 0 Å². The van der Waals surface area contributed by atoms with Gasteiger partial charge in [0.1, 0.15) is 0 Å². The zero-order valence-corrected chi connectivity index (χ0v) is 6.34. The smallest absolute Gasteiger partial charge is 0.223 e. The number of nitrogens with zero attached hydrogens (tertiary/aromatic N) is 1. The Bertz CT molecular complexity index is 167. The maximum absolute atomic E-state index is 11.2. The predicted molar refractivity (Wildman–Crippen MR) is 38.6 cm³/mol. The number of amides is 1. The number of carbonyl (C=O) groups excluding carboxylic acids is 1. The average molecular weight is 139 g/mol. The van der Waals surface area contributed by atoms with E-state index in [1.165, 1.54) is 12.8 Å². The zero-order valence-electron chi connectivity index (χ0n) is 6.34. The molecule has 0 aromatic rings. The summed E-state index contributed by atoms with van der Waals surface area (Å²) in [5, 5.41) is 0. The first-order valence-corrected chi connectivity index (χ1v) is 4.10. The van der Waals surface area contributed by atoms with Gasteiger partial charge in [-0.05, 0) is 26.2 Å². The van der Waals surface area contributed by atoms with Crippen molar-refractivity contribution in [3.05, 3.63) is 0 Å². The summed E-state index contributed by atoms with van der Waals surface area (Å²) in [5.74, 6) is 0.384. The maximum atomic E-state index is 11.2. The number of hydrogen-bond acceptors (Lipinski definition) is 1. The highest BCUT2D eigenvalue weighted by atomic mass is 16.2. The fraction of sp³-hybridized carbons (Fsp3) is 0.875. The van der Waals surface area contributed by atoms with Gasteiger partial charge in [0.25, 0.3) is 0 Å². The molecule has 0 radical (unpaired) electrons. The molecule has 0 spiro atoms. The highest BCUT2D eigenvalue weighted by Gasteiger charge is 2.38. The summed E-state index contributed by atoms with van der Waals surface area (Å²) in [6.45, 7) is 2.16. The van der Waals surface area contributed by atoms with E-state index in [0.717, 1.165) is 12.8 Å². The Balaban J connectivity index is 2.19. The van der Waals surface area contributed by atoms with Crippen molar-refractivity contribution in [2.75, 3.05) is 0 Å². The monoisotopic (exact) mass is 139 g/mol. The number of fused-ring (bicyclic) bond motifs is 1. The lowest BCUT2D eigenvalue weighted by Gasteiger charge is -2.20. The molecule has 0 aromatic heterocycles. The third kappa shape index (κ3) is 0.678. The number of rotatable bonds is 0. The van der Waals surface area contributed by atoms with Gasteiger partial charge >= 0.3 is 0 Å². The molecule has 2 fully saturated rings. The predicted octanol–water partition coefficient (Wildman–Crippen LogP) is 1.16. The Labute approximate surface area is 61.2 Å². The topological polar surface area (TPSA) is 20.3 Å². The van der Waals surface area contributed by atoms with Crippen molar-refractivity contribution >= 4 is 5.91 Å². The second kappa shape index (κ2) is 1.97. The van der Waals surface area contributed by atoms with Gasteiger partial charge in [0.15, 0.2) is 0 Å². The molecule has 0 aliphatic carbocycles. The van der Waals surface area contributed by atoms with Crippen LogP contribution in [-0.4, -0.2) is 22.9 Å². The highest BCUT2D eigenvalue weighted by molar-refractivity contribution is 5.79. The van der Waals surface area contributed by atoms with Gasteiger partial charge in [-0.25, -0.2) is 0 Å². The van der Waals surface area contributed by atoms with E-state index in [-0.39, 0.29) is 0 Å². The third-order valence-electron chi connectivity index (χ3n) is 2.77. The lowest BCUT2D eigenvalue weighted by atomic mass is 10.1. The first-order valence-electron chi connectivity index (χ1n) is 4.10. The van der Waals surface area contributed by atoms with E-state index in [4.69, 9.17) is 0 Å². The Hall–Kier alpha value is -0.530. The van der Waals surface area contributed by atoms with Crippen LogP contribution in [0.3, 0.4) is 0 Å². The van der Waals surface area contributed by atoms with Gasteiger partial charge in [-0.2, -0.15) is 0 Å².